The lowest BCUT2D eigenvalue weighted by Crippen LogP contribution is -1.97. The molecule has 0 aliphatic rings. The van der Waals surface area contributed by atoms with Gasteiger partial charge >= 0.3 is 0 Å². The molecule has 0 atom stereocenters. The van der Waals surface area contributed by atoms with Crippen LogP contribution >= 0.6 is 15.9 Å². The summed E-state index contributed by atoms with van der Waals surface area (Å²) in [5.74, 6) is 0.534. The Bertz CT molecular complexity index is 265. The van der Waals surface area contributed by atoms with Gasteiger partial charge in [-0.1, -0.05) is 28.1 Å². The van der Waals surface area contributed by atoms with E-state index >= 15 is 0 Å². The first-order valence-corrected chi connectivity index (χ1v) is 4.62. The molecule has 0 heterocycles. The molecular formula is C8H8BrNO2. The molecule has 0 spiro atoms. The molecule has 0 fully saturated rings. The van der Waals surface area contributed by atoms with Crippen molar-refractivity contribution in [1.29, 1.82) is 0 Å². The molecule has 0 saturated carbocycles. The highest BCUT2D eigenvalue weighted by molar-refractivity contribution is 9.09. The zero-order chi connectivity index (χ0) is 8.81. The molecule has 64 valence electrons. The second-order valence-electron chi connectivity index (χ2n) is 2.10. The van der Waals surface area contributed by atoms with Crippen molar-refractivity contribution in [1.82, 2.24) is 0 Å². The van der Waals surface area contributed by atoms with Gasteiger partial charge in [0, 0.05) is 5.33 Å². The molecule has 12 heavy (non-hydrogen) atoms. The predicted octanol–water partition coefficient (Wildman–Crippen LogP) is 2.86. The maximum absolute atomic E-state index is 10.2. The third kappa shape index (κ3) is 2.30. The van der Waals surface area contributed by atoms with Gasteiger partial charge in [-0.3, -0.25) is 0 Å². The van der Waals surface area contributed by atoms with Crippen LogP contribution in [-0.4, -0.2) is 11.9 Å². The topological polar surface area (TPSA) is 38.7 Å². The maximum atomic E-state index is 10.2. The number of alkyl halides is 1. The summed E-state index contributed by atoms with van der Waals surface area (Å²) in [6.07, 6.45) is 0. The molecule has 0 N–H and O–H groups in total. The molecule has 0 bridgehead atoms. The molecule has 0 amide bonds. The van der Waals surface area contributed by atoms with E-state index in [4.69, 9.17) is 4.74 Å². The van der Waals surface area contributed by atoms with E-state index in [1.807, 2.05) is 0 Å². The first-order valence-electron chi connectivity index (χ1n) is 3.49. The molecule has 0 aliphatic carbocycles. The van der Waals surface area contributed by atoms with E-state index in [1.54, 1.807) is 24.3 Å². The number of halogens is 1. The summed E-state index contributed by atoms with van der Waals surface area (Å²) in [4.78, 5) is 10.2. The highest BCUT2D eigenvalue weighted by Gasteiger charge is 2.00. The van der Waals surface area contributed by atoms with E-state index in [0.717, 1.165) is 5.33 Å². The van der Waals surface area contributed by atoms with Crippen LogP contribution in [0.3, 0.4) is 0 Å². The zero-order valence-corrected chi connectivity index (χ0v) is 7.95. The number of hydrogen-bond acceptors (Lipinski definition) is 3. The van der Waals surface area contributed by atoms with Crippen LogP contribution in [0.5, 0.6) is 5.75 Å². The van der Waals surface area contributed by atoms with Crippen LogP contribution in [0.1, 0.15) is 0 Å². The second-order valence-corrected chi connectivity index (χ2v) is 2.89. The van der Waals surface area contributed by atoms with Crippen molar-refractivity contribution < 1.29 is 4.74 Å². The minimum atomic E-state index is 0.346. The van der Waals surface area contributed by atoms with Crippen LogP contribution in [0.25, 0.3) is 0 Å². The van der Waals surface area contributed by atoms with E-state index in [2.05, 4.69) is 21.1 Å². The predicted molar refractivity (Wildman–Crippen MR) is 51.2 cm³/mol. The van der Waals surface area contributed by atoms with Crippen molar-refractivity contribution in [2.24, 2.45) is 5.18 Å². The van der Waals surface area contributed by atoms with Gasteiger partial charge in [0.15, 0.2) is 0 Å². The molecule has 1 aromatic carbocycles. The Morgan fingerprint density at radius 3 is 2.83 bits per heavy atom. The highest BCUT2D eigenvalue weighted by Crippen LogP contribution is 2.26. The van der Waals surface area contributed by atoms with Gasteiger partial charge in [0.25, 0.3) is 0 Å². The summed E-state index contributed by atoms with van der Waals surface area (Å²) in [6, 6.07) is 6.89. The summed E-state index contributed by atoms with van der Waals surface area (Å²) in [6.45, 7) is 0.534. The lowest BCUT2D eigenvalue weighted by molar-refractivity contribution is 0.346. The van der Waals surface area contributed by atoms with E-state index < -0.39 is 0 Å². The third-order valence-electron chi connectivity index (χ3n) is 1.30. The van der Waals surface area contributed by atoms with Gasteiger partial charge in [-0.15, -0.1) is 4.91 Å². The number of nitroso groups, excluding NO2 is 1. The number of rotatable bonds is 4. The van der Waals surface area contributed by atoms with E-state index in [0.29, 0.717) is 18.0 Å². The Kier molecular flexibility index (Phi) is 3.73. The summed E-state index contributed by atoms with van der Waals surface area (Å²) in [7, 11) is 0. The van der Waals surface area contributed by atoms with Crippen LogP contribution < -0.4 is 4.74 Å². The van der Waals surface area contributed by atoms with Crippen molar-refractivity contribution in [2.45, 2.75) is 0 Å². The van der Waals surface area contributed by atoms with Crippen LogP contribution in [0.15, 0.2) is 29.4 Å². The Labute approximate surface area is 78.8 Å². The van der Waals surface area contributed by atoms with Crippen LogP contribution in [0.2, 0.25) is 0 Å². The van der Waals surface area contributed by atoms with Crippen molar-refractivity contribution in [3.8, 4) is 5.75 Å². The Hall–Kier alpha value is -0.900. The van der Waals surface area contributed by atoms with Gasteiger partial charge in [0.1, 0.15) is 11.4 Å². The van der Waals surface area contributed by atoms with Gasteiger partial charge in [-0.25, -0.2) is 0 Å². The van der Waals surface area contributed by atoms with Gasteiger partial charge in [0.05, 0.1) is 6.61 Å². The molecule has 4 heteroatoms. The van der Waals surface area contributed by atoms with Crippen molar-refractivity contribution in [2.75, 3.05) is 11.9 Å². The Morgan fingerprint density at radius 1 is 1.42 bits per heavy atom. The first kappa shape index (κ1) is 9.19. The molecular weight excluding hydrogens is 222 g/mol. The van der Waals surface area contributed by atoms with Crippen molar-refractivity contribution >= 4 is 21.6 Å². The largest absolute Gasteiger partial charge is 0.490 e. The molecule has 0 aliphatic heterocycles. The van der Waals surface area contributed by atoms with Gasteiger partial charge in [0.2, 0.25) is 0 Å². The average Bonchev–Trinajstić information content (AvgIpc) is 2.15. The Morgan fingerprint density at radius 2 is 2.17 bits per heavy atom. The van der Waals surface area contributed by atoms with Crippen LogP contribution in [-0.2, 0) is 0 Å². The summed E-state index contributed by atoms with van der Waals surface area (Å²) < 4.78 is 5.24. The minimum Gasteiger partial charge on any atom is -0.490 e. The minimum absolute atomic E-state index is 0.346. The van der Waals surface area contributed by atoms with E-state index in [-0.39, 0.29) is 0 Å². The number of hydrogen-bond donors (Lipinski definition) is 0. The molecule has 3 nitrogen and oxygen atoms in total. The third-order valence-corrected chi connectivity index (χ3v) is 1.62. The van der Waals surface area contributed by atoms with Crippen LogP contribution in [0.4, 0.5) is 5.69 Å². The number of ether oxygens (including phenoxy) is 1. The lowest BCUT2D eigenvalue weighted by Gasteiger charge is -2.03. The molecule has 1 rings (SSSR count). The van der Waals surface area contributed by atoms with Gasteiger partial charge < -0.3 is 4.74 Å². The van der Waals surface area contributed by atoms with Crippen molar-refractivity contribution in [3.63, 3.8) is 0 Å². The van der Waals surface area contributed by atoms with Gasteiger partial charge in [-0.05, 0) is 17.3 Å². The molecule has 0 aromatic heterocycles. The molecule has 0 radical (unpaired) electrons. The standard InChI is InChI=1S/C8H8BrNO2/c9-5-6-12-8-4-2-1-3-7(8)10-11/h1-4H,5-6H2. The maximum Gasteiger partial charge on any atom is 0.149 e. The smallest absolute Gasteiger partial charge is 0.149 e. The summed E-state index contributed by atoms with van der Waals surface area (Å²) in [5.41, 5.74) is 0.346. The van der Waals surface area contributed by atoms with Gasteiger partial charge in [-0.2, -0.15) is 0 Å². The van der Waals surface area contributed by atoms with E-state index in [1.165, 1.54) is 0 Å². The van der Waals surface area contributed by atoms with Crippen LogP contribution in [0, 0.1) is 4.91 Å². The highest BCUT2D eigenvalue weighted by atomic mass is 79.9. The van der Waals surface area contributed by atoms with E-state index in [9.17, 15) is 4.91 Å². The second kappa shape index (κ2) is 4.87. The van der Waals surface area contributed by atoms with Crippen molar-refractivity contribution in [3.05, 3.63) is 29.2 Å². The molecule has 1 aromatic rings. The fourth-order valence-corrected chi connectivity index (χ4v) is 0.965. The first-order chi connectivity index (χ1) is 5.88. The number of nitrogens with zero attached hydrogens (tertiary/aromatic N) is 1. The average molecular weight is 230 g/mol. The quantitative estimate of drug-likeness (QED) is 0.589. The number of benzene rings is 1. The molecule has 0 saturated heterocycles. The molecule has 0 unspecified atom stereocenters. The monoisotopic (exact) mass is 229 g/mol. The lowest BCUT2D eigenvalue weighted by atomic mass is 10.3. The summed E-state index contributed by atoms with van der Waals surface area (Å²) in [5, 5.41) is 3.57. The normalized spacial score (nSPS) is 9.42. The zero-order valence-electron chi connectivity index (χ0n) is 6.37. The number of para-hydroxylation sites is 1. The SMILES string of the molecule is O=Nc1ccccc1OCCBr. The Balaban J connectivity index is 2.75. The fraction of sp³-hybridized carbons (Fsp3) is 0.250. The summed E-state index contributed by atoms with van der Waals surface area (Å²) >= 11 is 3.22. The fourth-order valence-electron chi connectivity index (χ4n) is 0.803.